The topological polar surface area (TPSA) is 105 Å². The average molecular weight is 308 g/mol. The lowest BCUT2D eigenvalue weighted by Gasteiger charge is -2.04. The molecular formula is C16H12N4O3. The highest BCUT2D eigenvalue weighted by molar-refractivity contribution is 5.92. The predicted molar refractivity (Wildman–Crippen MR) is 80.2 cm³/mol. The molecule has 1 N–H and O–H groups in total. The maximum absolute atomic E-state index is 12.0. The molecule has 1 aromatic carbocycles. The quantitative estimate of drug-likeness (QED) is 0.794. The number of anilines is 1. The Kier molecular flexibility index (Phi) is 3.89. The summed E-state index contributed by atoms with van der Waals surface area (Å²) in [7, 11) is 0. The number of carbonyl (C=O) groups is 1. The lowest BCUT2D eigenvalue weighted by Crippen LogP contribution is -2.15. The first-order chi connectivity index (χ1) is 11.2. The van der Waals surface area contributed by atoms with Crippen molar-refractivity contribution >= 4 is 11.6 Å². The maximum atomic E-state index is 12.0. The molecule has 0 fully saturated rings. The molecule has 0 saturated heterocycles. The van der Waals surface area contributed by atoms with Crippen LogP contribution >= 0.6 is 0 Å². The number of rotatable bonds is 4. The monoisotopic (exact) mass is 308 g/mol. The van der Waals surface area contributed by atoms with E-state index in [1.165, 1.54) is 6.39 Å². The molecule has 3 rings (SSSR count). The lowest BCUT2D eigenvalue weighted by molar-refractivity contribution is -0.115. The van der Waals surface area contributed by atoms with E-state index < -0.39 is 0 Å². The summed E-state index contributed by atoms with van der Waals surface area (Å²) >= 11 is 0. The van der Waals surface area contributed by atoms with Gasteiger partial charge in [-0.1, -0.05) is 5.16 Å². The Morgan fingerprint density at radius 2 is 2.13 bits per heavy atom. The van der Waals surface area contributed by atoms with E-state index in [4.69, 9.17) is 14.2 Å². The summed E-state index contributed by atoms with van der Waals surface area (Å²) in [4.78, 5) is 15.9. The molecule has 0 radical (unpaired) electrons. The number of nitrogens with one attached hydrogen (secondary N) is 1. The third-order valence-corrected chi connectivity index (χ3v) is 3.26. The number of oxazole rings is 1. The molecule has 0 aliphatic heterocycles. The van der Waals surface area contributed by atoms with Crippen LogP contribution in [0.25, 0.3) is 11.3 Å². The first-order valence-corrected chi connectivity index (χ1v) is 6.81. The third kappa shape index (κ3) is 3.11. The molecular weight excluding hydrogens is 296 g/mol. The Balaban J connectivity index is 1.67. The predicted octanol–water partition coefficient (Wildman–Crippen LogP) is 2.69. The Labute approximate surface area is 131 Å². The molecule has 0 aliphatic carbocycles. The number of benzene rings is 1. The van der Waals surface area contributed by atoms with E-state index in [1.54, 1.807) is 25.3 Å². The number of amides is 1. The largest absolute Gasteiger partial charge is 0.444 e. The van der Waals surface area contributed by atoms with E-state index in [-0.39, 0.29) is 12.3 Å². The van der Waals surface area contributed by atoms with Gasteiger partial charge in [-0.25, -0.2) is 4.98 Å². The second-order valence-electron chi connectivity index (χ2n) is 4.84. The molecule has 0 spiro atoms. The van der Waals surface area contributed by atoms with Crippen LogP contribution < -0.4 is 5.32 Å². The van der Waals surface area contributed by atoms with Gasteiger partial charge in [0.1, 0.15) is 17.3 Å². The summed E-state index contributed by atoms with van der Waals surface area (Å²) in [6, 6.07) is 9.13. The van der Waals surface area contributed by atoms with Crippen molar-refractivity contribution in [3.8, 4) is 17.4 Å². The van der Waals surface area contributed by atoms with Gasteiger partial charge in [-0.05, 0) is 31.2 Å². The zero-order valence-corrected chi connectivity index (χ0v) is 12.2. The molecule has 1 amide bonds. The van der Waals surface area contributed by atoms with Gasteiger partial charge in [0.2, 0.25) is 5.91 Å². The molecule has 0 saturated carbocycles. The van der Waals surface area contributed by atoms with Gasteiger partial charge in [-0.2, -0.15) is 5.26 Å². The van der Waals surface area contributed by atoms with Crippen molar-refractivity contribution in [2.75, 3.05) is 5.32 Å². The molecule has 114 valence electrons. The van der Waals surface area contributed by atoms with Gasteiger partial charge in [0.15, 0.2) is 17.9 Å². The fourth-order valence-electron chi connectivity index (χ4n) is 2.12. The first kappa shape index (κ1) is 14.5. The smallest absolute Gasteiger partial charge is 0.230 e. The Bertz CT molecular complexity index is 858. The molecule has 7 heteroatoms. The lowest BCUT2D eigenvalue weighted by atomic mass is 10.1. The number of hydrogen-bond donors (Lipinski definition) is 1. The minimum absolute atomic E-state index is 0.0237. The van der Waals surface area contributed by atoms with E-state index in [9.17, 15) is 4.79 Å². The molecule has 3 aromatic rings. The van der Waals surface area contributed by atoms with E-state index in [0.29, 0.717) is 28.5 Å². The minimum Gasteiger partial charge on any atom is -0.444 e. The second-order valence-corrected chi connectivity index (χ2v) is 4.84. The standard InChI is InChI=1S/C16H12N4O3/c1-10-13(7-17)14(20-23-10)6-16(21)19-12-4-2-11(3-5-12)15-8-18-9-22-15/h2-5,8-9H,6H2,1H3,(H,19,21). The second kappa shape index (κ2) is 6.15. The normalized spacial score (nSPS) is 10.3. The number of hydrogen-bond acceptors (Lipinski definition) is 6. The molecule has 0 unspecified atom stereocenters. The van der Waals surface area contributed by atoms with Crippen molar-refractivity contribution in [2.24, 2.45) is 0 Å². The third-order valence-electron chi connectivity index (χ3n) is 3.26. The molecule has 0 atom stereocenters. The van der Waals surface area contributed by atoms with Crippen LogP contribution in [0.4, 0.5) is 5.69 Å². The van der Waals surface area contributed by atoms with Crippen molar-refractivity contribution in [3.05, 3.63) is 53.9 Å². The van der Waals surface area contributed by atoms with Crippen molar-refractivity contribution in [2.45, 2.75) is 13.3 Å². The molecule has 2 aromatic heterocycles. The van der Waals surface area contributed by atoms with Crippen LogP contribution in [0.1, 0.15) is 17.0 Å². The molecule has 0 bridgehead atoms. The van der Waals surface area contributed by atoms with Crippen LogP contribution in [0.3, 0.4) is 0 Å². The number of carbonyl (C=O) groups excluding carboxylic acids is 1. The highest BCUT2D eigenvalue weighted by Crippen LogP contribution is 2.21. The van der Waals surface area contributed by atoms with Gasteiger partial charge in [-0.15, -0.1) is 0 Å². The fourth-order valence-corrected chi connectivity index (χ4v) is 2.12. The van der Waals surface area contributed by atoms with Crippen LogP contribution in [0, 0.1) is 18.3 Å². The summed E-state index contributed by atoms with van der Waals surface area (Å²) < 4.78 is 10.1. The van der Waals surface area contributed by atoms with Gasteiger partial charge in [0, 0.05) is 11.3 Å². The van der Waals surface area contributed by atoms with Crippen LogP contribution in [-0.4, -0.2) is 16.0 Å². The van der Waals surface area contributed by atoms with E-state index in [0.717, 1.165) is 5.56 Å². The first-order valence-electron chi connectivity index (χ1n) is 6.81. The van der Waals surface area contributed by atoms with Crippen LogP contribution in [0.15, 0.2) is 45.8 Å². The van der Waals surface area contributed by atoms with E-state index in [2.05, 4.69) is 15.5 Å². The summed E-state index contributed by atoms with van der Waals surface area (Å²) in [5.41, 5.74) is 2.14. The van der Waals surface area contributed by atoms with Crippen LogP contribution in [-0.2, 0) is 11.2 Å². The Hall–Kier alpha value is -3.40. The summed E-state index contributed by atoms with van der Waals surface area (Å²) in [6.07, 6.45) is 2.95. The zero-order valence-electron chi connectivity index (χ0n) is 12.2. The average Bonchev–Trinajstić information content (AvgIpc) is 3.18. The molecule has 0 aliphatic rings. The van der Waals surface area contributed by atoms with E-state index in [1.807, 2.05) is 18.2 Å². The van der Waals surface area contributed by atoms with Crippen LogP contribution in [0.2, 0.25) is 0 Å². The van der Waals surface area contributed by atoms with Crippen molar-refractivity contribution < 1.29 is 13.7 Å². The highest BCUT2D eigenvalue weighted by Gasteiger charge is 2.15. The number of aromatic nitrogens is 2. The SMILES string of the molecule is Cc1onc(CC(=O)Nc2ccc(-c3cnco3)cc2)c1C#N. The summed E-state index contributed by atoms with van der Waals surface area (Å²) in [6.45, 7) is 1.63. The number of nitrogens with zero attached hydrogens (tertiary/aromatic N) is 3. The van der Waals surface area contributed by atoms with Gasteiger partial charge in [0.25, 0.3) is 0 Å². The van der Waals surface area contributed by atoms with Crippen molar-refractivity contribution in [1.29, 1.82) is 5.26 Å². The number of aryl methyl sites for hydroxylation is 1. The summed E-state index contributed by atoms with van der Waals surface area (Å²) in [5, 5.41) is 15.5. The summed E-state index contributed by atoms with van der Waals surface area (Å²) in [5.74, 6) is 0.786. The van der Waals surface area contributed by atoms with Crippen molar-refractivity contribution in [1.82, 2.24) is 10.1 Å². The Morgan fingerprint density at radius 1 is 1.35 bits per heavy atom. The zero-order chi connectivity index (χ0) is 16.2. The molecule has 7 nitrogen and oxygen atoms in total. The van der Waals surface area contributed by atoms with Crippen molar-refractivity contribution in [3.63, 3.8) is 0 Å². The van der Waals surface area contributed by atoms with Gasteiger partial charge < -0.3 is 14.3 Å². The molecule has 2 heterocycles. The van der Waals surface area contributed by atoms with Crippen LogP contribution in [0.5, 0.6) is 0 Å². The molecule has 23 heavy (non-hydrogen) atoms. The van der Waals surface area contributed by atoms with E-state index >= 15 is 0 Å². The van der Waals surface area contributed by atoms with Gasteiger partial charge in [-0.3, -0.25) is 4.79 Å². The van der Waals surface area contributed by atoms with Gasteiger partial charge in [0.05, 0.1) is 12.6 Å². The maximum Gasteiger partial charge on any atom is 0.230 e. The fraction of sp³-hybridized carbons (Fsp3) is 0.125. The number of nitriles is 1. The Morgan fingerprint density at radius 3 is 2.78 bits per heavy atom. The van der Waals surface area contributed by atoms with Gasteiger partial charge >= 0.3 is 0 Å². The highest BCUT2D eigenvalue weighted by atomic mass is 16.5. The minimum atomic E-state index is -0.276.